The number of ether oxygens (including phenoxy) is 1. The normalized spacial score (nSPS) is 23.4. The molecule has 0 unspecified atom stereocenters. The summed E-state index contributed by atoms with van der Waals surface area (Å²) < 4.78 is 6.06. The van der Waals surface area contributed by atoms with Crippen LogP contribution in [0.15, 0.2) is 24.3 Å². The molecule has 0 saturated heterocycles. The number of benzene rings is 1. The van der Waals surface area contributed by atoms with Gasteiger partial charge in [0, 0.05) is 5.54 Å². The van der Waals surface area contributed by atoms with Crippen molar-refractivity contribution in [1.29, 1.82) is 0 Å². The standard InChI is InChI=1S/C16H23NO/c17-16(10-3-4-11-16)13-6-5-9-15(12-13)18-14-7-1-2-8-14/h5-6,9,12,14H,1-4,7-8,10-11,17H2. The van der Waals surface area contributed by atoms with Crippen LogP contribution in [0.4, 0.5) is 0 Å². The van der Waals surface area contributed by atoms with E-state index in [9.17, 15) is 0 Å². The predicted molar refractivity (Wildman–Crippen MR) is 73.7 cm³/mol. The molecule has 0 radical (unpaired) electrons. The summed E-state index contributed by atoms with van der Waals surface area (Å²) in [7, 11) is 0. The molecule has 0 heterocycles. The molecule has 2 fully saturated rings. The number of hydrogen-bond donors (Lipinski definition) is 1. The molecule has 2 aliphatic rings. The van der Waals surface area contributed by atoms with E-state index >= 15 is 0 Å². The van der Waals surface area contributed by atoms with Gasteiger partial charge in [0.05, 0.1) is 6.10 Å². The summed E-state index contributed by atoms with van der Waals surface area (Å²) in [6.07, 6.45) is 10.2. The van der Waals surface area contributed by atoms with Crippen molar-refractivity contribution in [2.45, 2.75) is 63.0 Å². The second-order valence-electron chi connectivity index (χ2n) is 5.92. The lowest BCUT2D eigenvalue weighted by Gasteiger charge is -2.25. The summed E-state index contributed by atoms with van der Waals surface area (Å²) in [4.78, 5) is 0. The molecular weight excluding hydrogens is 222 g/mol. The summed E-state index contributed by atoms with van der Waals surface area (Å²) in [6.45, 7) is 0. The maximum absolute atomic E-state index is 6.50. The average Bonchev–Trinajstić information content (AvgIpc) is 3.02. The summed E-state index contributed by atoms with van der Waals surface area (Å²) in [5.41, 5.74) is 7.66. The van der Waals surface area contributed by atoms with E-state index in [1.54, 1.807) is 0 Å². The third-order valence-electron chi connectivity index (χ3n) is 4.51. The fourth-order valence-electron chi connectivity index (χ4n) is 3.37. The molecule has 2 N–H and O–H groups in total. The number of rotatable bonds is 3. The molecule has 3 rings (SSSR count). The van der Waals surface area contributed by atoms with E-state index in [4.69, 9.17) is 10.5 Å². The molecule has 2 nitrogen and oxygen atoms in total. The van der Waals surface area contributed by atoms with Crippen molar-refractivity contribution in [3.8, 4) is 5.75 Å². The van der Waals surface area contributed by atoms with Gasteiger partial charge >= 0.3 is 0 Å². The third kappa shape index (κ3) is 2.39. The Kier molecular flexibility index (Phi) is 3.29. The Morgan fingerprint density at radius 1 is 1.06 bits per heavy atom. The van der Waals surface area contributed by atoms with Gasteiger partial charge in [-0.3, -0.25) is 0 Å². The molecule has 0 atom stereocenters. The van der Waals surface area contributed by atoms with Crippen molar-refractivity contribution < 1.29 is 4.74 Å². The van der Waals surface area contributed by atoms with Crippen LogP contribution in [0, 0.1) is 0 Å². The molecule has 0 amide bonds. The quantitative estimate of drug-likeness (QED) is 0.880. The first-order valence-electron chi connectivity index (χ1n) is 7.32. The first-order chi connectivity index (χ1) is 8.76. The lowest BCUT2D eigenvalue weighted by atomic mass is 9.89. The summed E-state index contributed by atoms with van der Waals surface area (Å²) in [6, 6.07) is 8.49. The molecule has 0 spiro atoms. The van der Waals surface area contributed by atoms with Crippen molar-refractivity contribution in [3.63, 3.8) is 0 Å². The van der Waals surface area contributed by atoms with Crippen LogP contribution in [0.5, 0.6) is 5.75 Å². The molecule has 98 valence electrons. The third-order valence-corrected chi connectivity index (χ3v) is 4.51. The van der Waals surface area contributed by atoms with Crippen LogP contribution in [-0.4, -0.2) is 6.10 Å². The van der Waals surface area contributed by atoms with Crippen LogP contribution in [0.25, 0.3) is 0 Å². The summed E-state index contributed by atoms with van der Waals surface area (Å²) in [5, 5.41) is 0. The zero-order chi connectivity index (χ0) is 12.4. The summed E-state index contributed by atoms with van der Waals surface area (Å²) >= 11 is 0. The van der Waals surface area contributed by atoms with Crippen molar-refractivity contribution in [1.82, 2.24) is 0 Å². The topological polar surface area (TPSA) is 35.2 Å². The Balaban J connectivity index is 1.76. The van der Waals surface area contributed by atoms with Crippen molar-refractivity contribution in [2.24, 2.45) is 5.73 Å². The van der Waals surface area contributed by atoms with E-state index in [1.807, 2.05) is 0 Å². The molecule has 0 aromatic heterocycles. The highest BCUT2D eigenvalue weighted by molar-refractivity contribution is 5.34. The molecule has 18 heavy (non-hydrogen) atoms. The Labute approximate surface area is 110 Å². The molecule has 1 aromatic carbocycles. The van der Waals surface area contributed by atoms with Gasteiger partial charge in [-0.1, -0.05) is 25.0 Å². The largest absolute Gasteiger partial charge is 0.490 e. The Bertz CT molecular complexity index is 403. The van der Waals surface area contributed by atoms with Gasteiger partial charge in [-0.25, -0.2) is 0 Å². The van der Waals surface area contributed by atoms with Crippen LogP contribution >= 0.6 is 0 Å². The second-order valence-corrected chi connectivity index (χ2v) is 5.92. The van der Waals surface area contributed by atoms with Gasteiger partial charge in [0.25, 0.3) is 0 Å². The molecule has 0 bridgehead atoms. The van der Waals surface area contributed by atoms with E-state index in [0.29, 0.717) is 6.10 Å². The highest BCUT2D eigenvalue weighted by atomic mass is 16.5. The van der Waals surface area contributed by atoms with Gasteiger partial charge in [0.15, 0.2) is 0 Å². The fourth-order valence-corrected chi connectivity index (χ4v) is 3.37. The lowest BCUT2D eigenvalue weighted by molar-refractivity contribution is 0.209. The average molecular weight is 245 g/mol. The Morgan fingerprint density at radius 2 is 1.78 bits per heavy atom. The van der Waals surface area contributed by atoms with Gasteiger partial charge in [-0.15, -0.1) is 0 Å². The van der Waals surface area contributed by atoms with Crippen molar-refractivity contribution in [2.75, 3.05) is 0 Å². The Hall–Kier alpha value is -1.02. The molecule has 2 saturated carbocycles. The van der Waals surface area contributed by atoms with Crippen LogP contribution in [0.1, 0.15) is 56.9 Å². The minimum atomic E-state index is -0.102. The molecule has 0 aliphatic heterocycles. The molecular formula is C16H23NO. The van der Waals surface area contributed by atoms with E-state index in [0.717, 1.165) is 18.6 Å². The minimum Gasteiger partial charge on any atom is -0.490 e. The van der Waals surface area contributed by atoms with Gasteiger partial charge in [0.1, 0.15) is 5.75 Å². The number of nitrogens with two attached hydrogens (primary N) is 1. The SMILES string of the molecule is NC1(c2cccc(OC3CCCC3)c2)CCCC1. The van der Waals surface area contributed by atoms with Crippen LogP contribution in [-0.2, 0) is 5.54 Å². The highest BCUT2D eigenvalue weighted by Crippen LogP contribution is 2.37. The van der Waals surface area contributed by atoms with E-state index in [2.05, 4.69) is 24.3 Å². The van der Waals surface area contributed by atoms with Crippen molar-refractivity contribution in [3.05, 3.63) is 29.8 Å². The fraction of sp³-hybridized carbons (Fsp3) is 0.625. The predicted octanol–water partition coefficient (Wildman–Crippen LogP) is 3.74. The van der Waals surface area contributed by atoms with Crippen LogP contribution < -0.4 is 10.5 Å². The maximum atomic E-state index is 6.50. The first-order valence-corrected chi connectivity index (χ1v) is 7.32. The Morgan fingerprint density at radius 3 is 2.50 bits per heavy atom. The van der Waals surface area contributed by atoms with Gasteiger partial charge < -0.3 is 10.5 Å². The van der Waals surface area contributed by atoms with E-state index in [1.165, 1.54) is 44.1 Å². The van der Waals surface area contributed by atoms with E-state index in [-0.39, 0.29) is 5.54 Å². The van der Waals surface area contributed by atoms with Crippen molar-refractivity contribution >= 4 is 0 Å². The van der Waals surface area contributed by atoms with E-state index < -0.39 is 0 Å². The lowest BCUT2D eigenvalue weighted by Crippen LogP contribution is -2.33. The second kappa shape index (κ2) is 4.93. The monoisotopic (exact) mass is 245 g/mol. The first kappa shape index (κ1) is 12.0. The van der Waals surface area contributed by atoms with Crippen LogP contribution in [0.3, 0.4) is 0 Å². The molecule has 2 aliphatic carbocycles. The van der Waals surface area contributed by atoms with Crippen LogP contribution in [0.2, 0.25) is 0 Å². The number of hydrogen-bond acceptors (Lipinski definition) is 2. The van der Waals surface area contributed by atoms with Gasteiger partial charge in [0.2, 0.25) is 0 Å². The highest BCUT2D eigenvalue weighted by Gasteiger charge is 2.31. The zero-order valence-electron chi connectivity index (χ0n) is 11.0. The molecule has 1 aromatic rings. The maximum Gasteiger partial charge on any atom is 0.120 e. The summed E-state index contributed by atoms with van der Waals surface area (Å²) in [5.74, 6) is 1.01. The van der Waals surface area contributed by atoms with Gasteiger partial charge in [-0.05, 0) is 56.2 Å². The molecule has 2 heteroatoms. The minimum absolute atomic E-state index is 0.102. The smallest absolute Gasteiger partial charge is 0.120 e. The van der Waals surface area contributed by atoms with Gasteiger partial charge in [-0.2, -0.15) is 0 Å². The zero-order valence-corrected chi connectivity index (χ0v) is 11.0.